The molecule has 1 heterocycles. The maximum atomic E-state index is 10.8. The fourth-order valence-electron chi connectivity index (χ4n) is 1.82. The molecule has 0 aromatic heterocycles. The van der Waals surface area contributed by atoms with E-state index in [9.17, 15) is 10.1 Å². The van der Waals surface area contributed by atoms with Crippen LogP contribution in [0, 0.1) is 10.1 Å². The zero-order valence-electron chi connectivity index (χ0n) is 8.89. The average molecular weight is 238 g/mol. The van der Waals surface area contributed by atoms with Crippen LogP contribution in [0.5, 0.6) is 0 Å². The first-order chi connectivity index (χ1) is 7.77. The zero-order chi connectivity index (χ0) is 11.4. The molecule has 1 aromatic rings. The average Bonchev–Trinajstić information content (AvgIpc) is 2.79. The Morgan fingerprint density at radius 1 is 1.50 bits per heavy atom. The van der Waals surface area contributed by atoms with E-state index in [1.165, 1.54) is 12.8 Å². The van der Waals surface area contributed by atoms with Gasteiger partial charge in [0.25, 0.3) is 5.69 Å². The maximum Gasteiger partial charge on any atom is 0.282 e. The standard InChI is InChI=1S/C11H14N2O2S/c14-13(15)10-5-1-2-6-11(10)16-8-9-4-3-7-12-9/h1-2,5-6,9,12H,3-4,7-8H2/t9-/m1/s1. The largest absolute Gasteiger partial charge is 0.313 e. The molecule has 0 bridgehead atoms. The van der Waals surface area contributed by atoms with E-state index in [4.69, 9.17) is 0 Å². The summed E-state index contributed by atoms with van der Waals surface area (Å²) in [6, 6.07) is 7.43. The molecular formula is C11H14N2O2S. The molecule has 0 spiro atoms. The molecule has 4 nitrogen and oxygen atoms in total. The molecule has 1 saturated heterocycles. The summed E-state index contributed by atoms with van der Waals surface area (Å²) in [7, 11) is 0. The summed E-state index contributed by atoms with van der Waals surface area (Å²) < 4.78 is 0. The van der Waals surface area contributed by atoms with Gasteiger partial charge in [0.1, 0.15) is 0 Å². The van der Waals surface area contributed by atoms with Crippen molar-refractivity contribution >= 4 is 17.4 Å². The third-order valence-corrected chi connectivity index (χ3v) is 3.89. The van der Waals surface area contributed by atoms with Crippen molar-refractivity contribution in [1.29, 1.82) is 0 Å². The number of thioether (sulfide) groups is 1. The van der Waals surface area contributed by atoms with Crippen LogP contribution in [-0.4, -0.2) is 23.3 Å². The van der Waals surface area contributed by atoms with Crippen LogP contribution in [0.1, 0.15) is 12.8 Å². The topological polar surface area (TPSA) is 55.2 Å². The molecule has 1 N–H and O–H groups in total. The molecule has 5 heteroatoms. The number of benzene rings is 1. The summed E-state index contributed by atoms with van der Waals surface area (Å²) in [5.74, 6) is 0.908. The van der Waals surface area contributed by atoms with Crippen LogP contribution in [0.2, 0.25) is 0 Å². The molecule has 2 rings (SSSR count). The Morgan fingerprint density at radius 2 is 2.31 bits per heavy atom. The van der Waals surface area contributed by atoms with Crippen molar-refractivity contribution in [2.75, 3.05) is 12.3 Å². The summed E-state index contributed by atoms with van der Waals surface area (Å²) in [5, 5.41) is 14.2. The van der Waals surface area contributed by atoms with E-state index < -0.39 is 0 Å². The molecule has 0 radical (unpaired) electrons. The lowest BCUT2D eigenvalue weighted by Crippen LogP contribution is -2.23. The van der Waals surface area contributed by atoms with Crippen molar-refractivity contribution in [2.45, 2.75) is 23.8 Å². The number of nitro benzene ring substituents is 1. The first-order valence-electron chi connectivity index (χ1n) is 5.37. The molecular weight excluding hydrogens is 224 g/mol. The Labute approximate surface area is 98.6 Å². The van der Waals surface area contributed by atoms with Crippen LogP contribution >= 0.6 is 11.8 Å². The van der Waals surface area contributed by atoms with Gasteiger partial charge in [0.2, 0.25) is 0 Å². The lowest BCUT2D eigenvalue weighted by Gasteiger charge is -2.09. The Kier molecular flexibility index (Phi) is 3.79. The van der Waals surface area contributed by atoms with E-state index in [1.807, 2.05) is 12.1 Å². The van der Waals surface area contributed by atoms with Gasteiger partial charge in [-0.3, -0.25) is 10.1 Å². The van der Waals surface area contributed by atoms with Gasteiger partial charge < -0.3 is 5.32 Å². The van der Waals surface area contributed by atoms with E-state index in [1.54, 1.807) is 23.9 Å². The highest BCUT2D eigenvalue weighted by Gasteiger charge is 2.17. The number of hydrogen-bond donors (Lipinski definition) is 1. The lowest BCUT2D eigenvalue weighted by atomic mass is 10.3. The molecule has 1 fully saturated rings. The minimum Gasteiger partial charge on any atom is -0.313 e. The molecule has 0 amide bonds. The molecule has 1 aliphatic rings. The number of nitrogens with one attached hydrogen (secondary N) is 1. The predicted molar refractivity (Wildman–Crippen MR) is 64.8 cm³/mol. The Hall–Kier alpha value is -1.07. The molecule has 0 aliphatic carbocycles. The first kappa shape index (κ1) is 11.4. The summed E-state index contributed by atoms with van der Waals surface area (Å²) in [6.45, 7) is 1.07. The highest BCUT2D eigenvalue weighted by Crippen LogP contribution is 2.29. The number of hydrogen-bond acceptors (Lipinski definition) is 4. The molecule has 1 aromatic carbocycles. The highest BCUT2D eigenvalue weighted by molar-refractivity contribution is 7.99. The number of nitrogens with zero attached hydrogens (tertiary/aromatic N) is 1. The van der Waals surface area contributed by atoms with Gasteiger partial charge in [-0.15, -0.1) is 11.8 Å². The summed E-state index contributed by atoms with van der Waals surface area (Å²) in [4.78, 5) is 11.2. The van der Waals surface area contributed by atoms with Crippen molar-refractivity contribution in [1.82, 2.24) is 5.32 Å². The molecule has 0 unspecified atom stereocenters. The third kappa shape index (κ3) is 2.74. The van der Waals surface area contributed by atoms with Crippen LogP contribution < -0.4 is 5.32 Å². The Bertz CT molecular complexity index is 378. The maximum absolute atomic E-state index is 10.8. The second kappa shape index (κ2) is 5.32. The van der Waals surface area contributed by atoms with Crippen LogP contribution in [0.3, 0.4) is 0 Å². The molecule has 1 atom stereocenters. The monoisotopic (exact) mass is 238 g/mol. The second-order valence-electron chi connectivity index (χ2n) is 3.83. The van der Waals surface area contributed by atoms with Crippen molar-refractivity contribution in [3.05, 3.63) is 34.4 Å². The van der Waals surface area contributed by atoms with Crippen LogP contribution in [0.25, 0.3) is 0 Å². The number of nitro groups is 1. The van der Waals surface area contributed by atoms with E-state index in [-0.39, 0.29) is 10.6 Å². The van der Waals surface area contributed by atoms with Crippen LogP contribution in [0.15, 0.2) is 29.2 Å². The minimum atomic E-state index is -0.315. The quantitative estimate of drug-likeness (QED) is 0.497. The van der Waals surface area contributed by atoms with Crippen molar-refractivity contribution in [3.63, 3.8) is 0 Å². The predicted octanol–water partition coefficient (Wildman–Crippen LogP) is 2.44. The Balaban J connectivity index is 2.00. The molecule has 1 aliphatic heterocycles. The second-order valence-corrected chi connectivity index (χ2v) is 4.89. The summed E-state index contributed by atoms with van der Waals surface area (Å²) >= 11 is 1.57. The van der Waals surface area contributed by atoms with Gasteiger partial charge in [-0.25, -0.2) is 0 Å². The zero-order valence-corrected chi connectivity index (χ0v) is 9.70. The van der Waals surface area contributed by atoms with Crippen molar-refractivity contribution in [3.8, 4) is 0 Å². The number of rotatable bonds is 4. The SMILES string of the molecule is O=[N+]([O-])c1ccccc1SC[C@H]1CCCN1. The van der Waals surface area contributed by atoms with E-state index in [0.29, 0.717) is 6.04 Å². The van der Waals surface area contributed by atoms with Gasteiger partial charge in [-0.2, -0.15) is 0 Å². The van der Waals surface area contributed by atoms with Gasteiger partial charge in [0, 0.05) is 17.9 Å². The van der Waals surface area contributed by atoms with Crippen LogP contribution in [-0.2, 0) is 0 Å². The minimum absolute atomic E-state index is 0.213. The van der Waals surface area contributed by atoms with Gasteiger partial charge in [-0.1, -0.05) is 12.1 Å². The fraction of sp³-hybridized carbons (Fsp3) is 0.455. The summed E-state index contributed by atoms with van der Waals surface area (Å²) in [5.41, 5.74) is 0.213. The third-order valence-electron chi connectivity index (χ3n) is 2.66. The molecule has 0 saturated carbocycles. The van der Waals surface area contributed by atoms with Crippen molar-refractivity contribution in [2.24, 2.45) is 0 Å². The van der Waals surface area contributed by atoms with Crippen molar-refractivity contribution < 1.29 is 4.92 Å². The van der Waals surface area contributed by atoms with E-state index >= 15 is 0 Å². The first-order valence-corrected chi connectivity index (χ1v) is 6.35. The molecule has 86 valence electrons. The van der Waals surface area contributed by atoms with Gasteiger partial charge in [0.15, 0.2) is 0 Å². The lowest BCUT2D eigenvalue weighted by molar-refractivity contribution is -0.387. The fourth-order valence-corrected chi connectivity index (χ4v) is 2.95. The van der Waals surface area contributed by atoms with Gasteiger partial charge in [-0.05, 0) is 25.5 Å². The number of para-hydroxylation sites is 1. The normalized spacial score (nSPS) is 19.9. The van der Waals surface area contributed by atoms with E-state index in [0.717, 1.165) is 17.2 Å². The Morgan fingerprint density at radius 3 is 3.00 bits per heavy atom. The summed E-state index contributed by atoms with van der Waals surface area (Å²) in [6.07, 6.45) is 2.38. The smallest absolute Gasteiger partial charge is 0.282 e. The van der Waals surface area contributed by atoms with Gasteiger partial charge >= 0.3 is 0 Å². The molecule has 16 heavy (non-hydrogen) atoms. The van der Waals surface area contributed by atoms with E-state index in [2.05, 4.69) is 5.32 Å². The van der Waals surface area contributed by atoms with Crippen LogP contribution in [0.4, 0.5) is 5.69 Å². The highest BCUT2D eigenvalue weighted by atomic mass is 32.2. The van der Waals surface area contributed by atoms with Gasteiger partial charge in [0.05, 0.1) is 9.82 Å².